The minimum Gasteiger partial charge on any atom is -0.179 e. The maximum absolute atomic E-state index is 4.24. The summed E-state index contributed by atoms with van der Waals surface area (Å²) >= 11 is 13.8. The lowest BCUT2D eigenvalue weighted by Gasteiger charge is -2.03. The summed E-state index contributed by atoms with van der Waals surface area (Å²) in [5.41, 5.74) is 0. The molecule has 0 aromatic rings. The molecule has 0 saturated carbocycles. The summed E-state index contributed by atoms with van der Waals surface area (Å²) in [5.74, 6) is 2.32. The van der Waals surface area contributed by atoms with Crippen LogP contribution in [0.3, 0.4) is 0 Å². The molecule has 0 N–H and O–H groups in total. The molecule has 0 aliphatic carbocycles. The SMILES string of the molecule is SCCCCCCCCSC1=CSC(=C2SC=CS2)S1. The molecule has 2 aliphatic rings. The van der Waals surface area contributed by atoms with Crippen molar-refractivity contribution in [2.45, 2.75) is 38.5 Å². The molecule has 112 valence electrons. The Morgan fingerprint density at radius 2 is 1.55 bits per heavy atom. The Balaban J connectivity index is 1.50. The van der Waals surface area contributed by atoms with Crippen LogP contribution in [0, 0.1) is 0 Å². The van der Waals surface area contributed by atoms with Gasteiger partial charge in [0.1, 0.15) is 0 Å². The van der Waals surface area contributed by atoms with Gasteiger partial charge in [-0.1, -0.05) is 72.7 Å². The highest BCUT2D eigenvalue weighted by Gasteiger charge is 2.18. The molecular weight excluding hydrogens is 361 g/mol. The maximum atomic E-state index is 4.24. The highest BCUT2D eigenvalue weighted by molar-refractivity contribution is 8.37. The molecule has 2 heterocycles. The molecule has 0 spiro atoms. The number of thioether (sulfide) groups is 5. The fourth-order valence-electron chi connectivity index (χ4n) is 1.79. The molecule has 0 fully saturated rings. The second kappa shape index (κ2) is 10.9. The number of thiol groups is 1. The van der Waals surface area contributed by atoms with Crippen molar-refractivity contribution in [3.8, 4) is 0 Å². The summed E-state index contributed by atoms with van der Waals surface area (Å²) in [5, 5.41) is 6.67. The van der Waals surface area contributed by atoms with Gasteiger partial charge in [0.05, 0.1) is 12.7 Å². The van der Waals surface area contributed by atoms with E-state index in [1.807, 2.05) is 58.8 Å². The number of rotatable bonds is 9. The maximum Gasteiger partial charge on any atom is 0.0705 e. The van der Waals surface area contributed by atoms with Crippen LogP contribution in [0.5, 0.6) is 0 Å². The van der Waals surface area contributed by atoms with Gasteiger partial charge in [0.2, 0.25) is 0 Å². The largest absolute Gasteiger partial charge is 0.179 e. The van der Waals surface area contributed by atoms with Crippen molar-refractivity contribution in [3.05, 3.63) is 28.9 Å². The van der Waals surface area contributed by atoms with Gasteiger partial charge in [-0.3, -0.25) is 0 Å². The highest BCUT2D eigenvalue weighted by Crippen LogP contribution is 2.55. The van der Waals surface area contributed by atoms with E-state index in [2.05, 4.69) is 28.9 Å². The molecule has 0 aromatic carbocycles. The minimum absolute atomic E-state index is 1.04. The van der Waals surface area contributed by atoms with Gasteiger partial charge in [0, 0.05) is 0 Å². The zero-order valence-corrected chi connectivity index (χ0v) is 16.4. The Labute approximate surface area is 149 Å². The fraction of sp³-hybridized carbons (Fsp3) is 0.571. The standard InChI is InChI=1S/C14H20S6/c15-7-5-3-1-2-4-6-8-16-12-11-19-14(20-12)13-17-9-10-18-13/h9-11,15H,1-8H2. The van der Waals surface area contributed by atoms with E-state index in [0.717, 1.165) is 5.75 Å². The quantitative estimate of drug-likeness (QED) is 0.327. The van der Waals surface area contributed by atoms with Crippen LogP contribution < -0.4 is 0 Å². The monoisotopic (exact) mass is 380 g/mol. The molecule has 20 heavy (non-hydrogen) atoms. The summed E-state index contributed by atoms with van der Waals surface area (Å²) in [6.07, 6.45) is 8.15. The number of hydrogen-bond acceptors (Lipinski definition) is 6. The molecule has 2 rings (SSSR count). The summed E-state index contributed by atoms with van der Waals surface area (Å²) < 4.78 is 4.41. The Morgan fingerprint density at radius 3 is 2.30 bits per heavy atom. The second-order valence-electron chi connectivity index (χ2n) is 4.43. The van der Waals surface area contributed by atoms with Crippen LogP contribution in [0.4, 0.5) is 0 Å². The lowest BCUT2D eigenvalue weighted by molar-refractivity contribution is 0.629. The Morgan fingerprint density at radius 1 is 0.850 bits per heavy atom. The van der Waals surface area contributed by atoms with E-state index in [1.165, 1.54) is 57.0 Å². The third-order valence-corrected chi connectivity index (χ3v) is 9.60. The first-order chi connectivity index (χ1) is 9.90. The molecule has 0 nitrogen and oxygen atoms in total. The van der Waals surface area contributed by atoms with Crippen LogP contribution in [0.15, 0.2) is 28.9 Å². The molecule has 0 radical (unpaired) electrons. The molecule has 0 unspecified atom stereocenters. The van der Waals surface area contributed by atoms with Gasteiger partial charge >= 0.3 is 0 Å². The van der Waals surface area contributed by atoms with Crippen LogP contribution in [0.1, 0.15) is 38.5 Å². The van der Waals surface area contributed by atoms with Crippen molar-refractivity contribution in [2.75, 3.05) is 11.5 Å². The lowest BCUT2D eigenvalue weighted by atomic mass is 10.1. The van der Waals surface area contributed by atoms with Crippen molar-refractivity contribution < 1.29 is 0 Å². The van der Waals surface area contributed by atoms with Gasteiger partial charge in [-0.25, -0.2) is 0 Å². The first kappa shape index (κ1) is 17.7. The topological polar surface area (TPSA) is 0 Å². The predicted molar refractivity (Wildman–Crippen MR) is 109 cm³/mol. The number of hydrogen-bond donors (Lipinski definition) is 1. The van der Waals surface area contributed by atoms with Crippen molar-refractivity contribution >= 4 is 71.4 Å². The third-order valence-electron chi connectivity index (χ3n) is 2.82. The van der Waals surface area contributed by atoms with E-state index in [4.69, 9.17) is 0 Å². The molecular formula is C14H20S6. The molecule has 0 bridgehead atoms. The van der Waals surface area contributed by atoms with Crippen LogP contribution in [0.2, 0.25) is 0 Å². The molecule has 2 aliphatic heterocycles. The molecule has 0 saturated heterocycles. The van der Waals surface area contributed by atoms with Crippen molar-refractivity contribution in [1.82, 2.24) is 0 Å². The van der Waals surface area contributed by atoms with Crippen LogP contribution in [-0.2, 0) is 0 Å². The minimum atomic E-state index is 1.04. The van der Waals surface area contributed by atoms with Crippen LogP contribution >= 0.6 is 71.4 Å². The van der Waals surface area contributed by atoms with Gasteiger partial charge in [-0.15, -0.1) is 11.8 Å². The van der Waals surface area contributed by atoms with E-state index in [9.17, 15) is 0 Å². The van der Waals surface area contributed by atoms with E-state index < -0.39 is 0 Å². The first-order valence-corrected chi connectivity index (χ1v) is 12.0. The van der Waals surface area contributed by atoms with E-state index in [0.29, 0.717) is 0 Å². The van der Waals surface area contributed by atoms with E-state index in [-0.39, 0.29) is 0 Å². The van der Waals surface area contributed by atoms with Gasteiger partial charge in [0.15, 0.2) is 0 Å². The highest BCUT2D eigenvalue weighted by atomic mass is 32.2. The van der Waals surface area contributed by atoms with Gasteiger partial charge in [0.25, 0.3) is 0 Å². The van der Waals surface area contributed by atoms with Crippen LogP contribution in [0.25, 0.3) is 0 Å². The van der Waals surface area contributed by atoms with E-state index in [1.54, 1.807) is 0 Å². The zero-order valence-electron chi connectivity index (χ0n) is 11.4. The smallest absolute Gasteiger partial charge is 0.0705 e. The Hall–Kier alpha value is 1.32. The van der Waals surface area contributed by atoms with Crippen LogP contribution in [-0.4, -0.2) is 11.5 Å². The fourth-order valence-corrected chi connectivity index (χ4v) is 7.94. The van der Waals surface area contributed by atoms with E-state index >= 15 is 0 Å². The van der Waals surface area contributed by atoms with Crippen molar-refractivity contribution in [2.24, 2.45) is 0 Å². The van der Waals surface area contributed by atoms with Gasteiger partial charge in [-0.2, -0.15) is 12.6 Å². The zero-order chi connectivity index (χ0) is 14.0. The normalized spacial score (nSPS) is 18.1. The Kier molecular flexibility index (Phi) is 9.67. The number of unbranched alkanes of at least 4 members (excludes halogenated alkanes) is 5. The van der Waals surface area contributed by atoms with Gasteiger partial charge in [-0.05, 0) is 40.6 Å². The average molecular weight is 381 g/mol. The summed E-state index contributed by atoms with van der Waals surface area (Å²) in [6, 6.07) is 0. The molecule has 0 amide bonds. The molecule has 0 atom stereocenters. The predicted octanol–water partition coefficient (Wildman–Crippen LogP) is 7.35. The average Bonchev–Trinajstić information content (AvgIpc) is 3.12. The first-order valence-electron chi connectivity index (χ1n) is 6.91. The third kappa shape index (κ3) is 6.61. The summed E-state index contributed by atoms with van der Waals surface area (Å²) in [6.45, 7) is 0. The second-order valence-corrected chi connectivity index (χ2v) is 10.6. The lowest BCUT2D eigenvalue weighted by Crippen LogP contribution is -1.83. The van der Waals surface area contributed by atoms with Crippen molar-refractivity contribution in [3.63, 3.8) is 0 Å². The summed E-state index contributed by atoms with van der Waals surface area (Å²) in [7, 11) is 0. The van der Waals surface area contributed by atoms with Gasteiger partial charge < -0.3 is 0 Å². The molecule has 6 heteroatoms. The molecule has 0 aromatic heterocycles. The summed E-state index contributed by atoms with van der Waals surface area (Å²) in [4.78, 5) is 0. The van der Waals surface area contributed by atoms with Crippen molar-refractivity contribution in [1.29, 1.82) is 0 Å². The Bertz CT molecular complexity index is 375.